The van der Waals surface area contributed by atoms with Gasteiger partial charge in [-0.25, -0.2) is 0 Å². The third-order valence-corrected chi connectivity index (χ3v) is 3.67. The van der Waals surface area contributed by atoms with E-state index in [9.17, 15) is 5.11 Å². The predicted molar refractivity (Wildman–Crippen MR) is 71.4 cm³/mol. The van der Waals surface area contributed by atoms with E-state index in [1.54, 1.807) is 12.4 Å². The molecule has 1 atom stereocenters. The molecule has 0 aromatic carbocycles. The molecular formula is C14H18N4O. The molecule has 2 aromatic heterocycles. The Balaban J connectivity index is 1.98. The number of nitrogens with zero attached hydrogens (tertiary/aromatic N) is 3. The van der Waals surface area contributed by atoms with Crippen molar-refractivity contribution in [1.29, 1.82) is 0 Å². The smallest absolute Gasteiger partial charge is 0.0826 e. The summed E-state index contributed by atoms with van der Waals surface area (Å²) in [5, 5.41) is 14.7. The minimum absolute atomic E-state index is 0.378. The Morgan fingerprint density at radius 2 is 2.16 bits per heavy atom. The minimum atomic E-state index is -0.409. The maximum Gasteiger partial charge on any atom is 0.0826 e. The highest BCUT2D eigenvalue weighted by Crippen LogP contribution is 2.32. The third kappa shape index (κ3) is 2.27. The second kappa shape index (κ2) is 5.11. The van der Waals surface area contributed by atoms with Crippen molar-refractivity contribution in [3.63, 3.8) is 0 Å². The lowest BCUT2D eigenvalue weighted by molar-refractivity contribution is 0.155. The number of hydrogen-bond donors (Lipinski definition) is 2. The van der Waals surface area contributed by atoms with Crippen LogP contribution >= 0.6 is 0 Å². The molecule has 0 bridgehead atoms. The molecule has 3 rings (SSSR count). The molecule has 19 heavy (non-hydrogen) atoms. The summed E-state index contributed by atoms with van der Waals surface area (Å²) in [5.74, 6) is 0. The van der Waals surface area contributed by atoms with Gasteiger partial charge in [-0.2, -0.15) is 5.10 Å². The number of rotatable bonds is 3. The Labute approximate surface area is 112 Å². The van der Waals surface area contributed by atoms with E-state index >= 15 is 0 Å². The summed E-state index contributed by atoms with van der Waals surface area (Å²) in [6.45, 7) is 1.08. The molecule has 1 aliphatic rings. The first kappa shape index (κ1) is 12.3. The molecule has 0 aliphatic heterocycles. The molecule has 0 saturated heterocycles. The van der Waals surface area contributed by atoms with Gasteiger partial charge >= 0.3 is 0 Å². The van der Waals surface area contributed by atoms with Gasteiger partial charge in [0.15, 0.2) is 0 Å². The van der Waals surface area contributed by atoms with Crippen LogP contribution in [-0.4, -0.2) is 19.9 Å². The number of aliphatic hydroxyl groups is 1. The van der Waals surface area contributed by atoms with E-state index < -0.39 is 6.10 Å². The van der Waals surface area contributed by atoms with Crippen LogP contribution < -0.4 is 5.73 Å². The molecule has 0 amide bonds. The zero-order valence-electron chi connectivity index (χ0n) is 10.8. The van der Waals surface area contributed by atoms with Crippen LogP contribution in [0, 0.1) is 0 Å². The fourth-order valence-electron chi connectivity index (χ4n) is 2.76. The molecule has 1 aliphatic carbocycles. The van der Waals surface area contributed by atoms with Crippen molar-refractivity contribution in [2.45, 2.75) is 38.5 Å². The number of hydrogen-bond acceptors (Lipinski definition) is 4. The summed E-state index contributed by atoms with van der Waals surface area (Å²) in [6.07, 6.45) is 5.92. The van der Waals surface area contributed by atoms with Crippen LogP contribution in [0.3, 0.4) is 0 Å². The van der Waals surface area contributed by atoms with E-state index in [1.165, 1.54) is 0 Å². The Morgan fingerprint density at radius 3 is 2.89 bits per heavy atom. The summed E-state index contributed by atoms with van der Waals surface area (Å²) in [4.78, 5) is 4.02. The molecule has 1 unspecified atom stereocenters. The zero-order chi connectivity index (χ0) is 13.2. The van der Waals surface area contributed by atoms with Gasteiger partial charge in [-0.15, -0.1) is 0 Å². The molecule has 5 heteroatoms. The molecule has 3 N–H and O–H groups in total. The van der Waals surface area contributed by atoms with Gasteiger partial charge in [0.2, 0.25) is 0 Å². The maximum atomic E-state index is 10.1. The Kier molecular flexibility index (Phi) is 3.31. The summed E-state index contributed by atoms with van der Waals surface area (Å²) < 4.78 is 1.98. The van der Waals surface area contributed by atoms with Gasteiger partial charge in [-0.3, -0.25) is 9.67 Å². The predicted octanol–water partition coefficient (Wildman–Crippen LogP) is 1.15. The fraction of sp³-hybridized carbons (Fsp3) is 0.429. The topological polar surface area (TPSA) is 77.0 Å². The molecule has 0 spiro atoms. The van der Waals surface area contributed by atoms with Crippen molar-refractivity contribution in [2.75, 3.05) is 0 Å². The lowest BCUT2D eigenvalue weighted by Crippen LogP contribution is -2.13. The van der Waals surface area contributed by atoms with Gasteiger partial charge in [0, 0.05) is 30.2 Å². The largest absolute Gasteiger partial charge is 0.388 e. The lowest BCUT2D eigenvalue weighted by Gasteiger charge is -2.19. The first-order valence-electron chi connectivity index (χ1n) is 6.65. The number of nitrogens with two attached hydrogens (primary N) is 1. The van der Waals surface area contributed by atoms with Gasteiger partial charge in [-0.05, 0) is 37.0 Å². The van der Waals surface area contributed by atoms with Gasteiger partial charge in [0.1, 0.15) is 0 Å². The highest BCUT2D eigenvalue weighted by Gasteiger charge is 2.26. The summed E-state index contributed by atoms with van der Waals surface area (Å²) in [6, 6.07) is 3.96. The van der Waals surface area contributed by atoms with Gasteiger partial charge in [0.25, 0.3) is 0 Å². The van der Waals surface area contributed by atoms with Gasteiger partial charge in [-0.1, -0.05) is 0 Å². The Bertz CT molecular complexity index is 564. The zero-order valence-corrected chi connectivity index (χ0v) is 10.8. The van der Waals surface area contributed by atoms with Crippen LogP contribution in [0.1, 0.15) is 41.5 Å². The van der Waals surface area contributed by atoms with Crippen LogP contribution in [0.5, 0.6) is 0 Å². The second-order valence-electron chi connectivity index (χ2n) is 4.93. The van der Waals surface area contributed by atoms with Crippen LogP contribution in [0.15, 0.2) is 24.5 Å². The number of aliphatic hydroxyl groups excluding tert-OH is 1. The van der Waals surface area contributed by atoms with Crippen LogP contribution in [0.25, 0.3) is 0 Å². The maximum absolute atomic E-state index is 10.1. The molecule has 0 saturated carbocycles. The van der Waals surface area contributed by atoms with Crippen molar-refractivity contribution < 1.29 is 5.11 Å². The average molecular weight is 258 g/mol. The van der Waals surface area contributed by atoms with E-state index in [0.717, 1.165) is 41.8 Å². The molecule has 5 nitrogen and oxygen atoms in total. The van der Waals surface area contributed by atoms with Gasteiger partial charge in [0.05, 0.1) is 18.3 Å². The van der Waals surface area contributed by atoms with Crippen molar-refractivity contribution in [1.82, 2.24) is 14.8 Å². The first-order valence-corrected chi connectivity index (χ1v) is 6.65. The van der Waals surface area contributed by atoms with Crippen LogP contribution in [0.4, 0.5) is 0 Å². The van der Waals surface area contributed by atoms with Crippen LogP contribution in [-0.2, 0) is 19.5 Å². The Hall–Kier alpha value is -1.72. The lowest BCUT2D eigenvalue weighted by atomic mass is 9.93. The highest BCUT2D eigenvalue weighted by molar-refractivity contribution is 5.31. The van der Waals surface area contributed by atoms with Crippen molar-refractivity contribution in [3.8, 4) is 0 Å². The monoisotopic (exact) mass is 258 g/mol. The van der Waals surface area contributed by atoms with Crippen molar-refractivity contribution >= 4 is 0 Å². The first-order chi connectivity index (χ1) is 9.29. The van der Waals surface area contributed by atoms with E-state index in [2.05, 4.69) is 10.1 Å². The quantitative estimate of drug-likeness (QED) is 0.866. The highest BCUT2D eigenvalue weighted by atomic mass is 16.3. The van der Waals surface area contributed by atoms with Crippen molar-refractivity contribution in [2.24, 2.45) is 5.73 Å². The normalized spacial score (nSPS) is 18.3. The molecule has 0 fully saturated rings. The minimum Gasteiger partial charge on any atom is -0.388 e. The molecule has 0 radical (unpaired) electrons. The van der Waals surface area contributed by atoms with E-state index in [4.69, 9.17) is 5.73 Å². The number of pyridine rings is 1. The summed E-state index contributed by atoms with van der Waals surface area (Å²) >= 11 is 0. The molecule has 2 aromatic rings. The SMILES string of the molecule is NCc1nn(Cc2ccncc2)c2c1C(O)CCC2. The number of fused-ring (bicyclic) bond motifs is 1. The molecule has 100 valence electrons. The van der Waals surface area contributed by atoms with Crippen molar-refractivity contribution in [3.05, 3.63) is 47.0 Å². The fourth-order valence-corrected chi connectivity index (χ4v) is 2.76. The van der Waals surface area contributed by atoms with E-state index in [1.807, 2.05) is 16.8 Å². The molecular weight excluding hydrogens is 240 g/mol. The van der Waals surface area contributed by atoms with Gasteiger partial charge < -0.3 is 10.8 Å². The number of aromatic nitrogens is 3. The average Bonchev–Trinajstić information content (AvgIpc) is 2.80. The van der Waals surface area contributed by atoms with E-state index in [0.29, 0.717) is 13.1 Å². The summed E-state index contributed by atoms with van der Waals surface area (Å²) in [5.41, 5.74) is 9.83. The van der Waals surface area contributed by atoms with Crippen LogP contribution in [0.2, 0.25) is 0 Å². The molecule has 2 heterocycles. The summed E-state index contributed by atoms with van der Waals surface area (Å²) in [7, 11) is 0. The second-order valence-corrected chi connectivity index (χ2v) is 4.93. The third-order valence-electron chi connectivity index (χ3n) is 3.67. The van der Waals surface area contributed by atoms with E-state index in [-0.39, 0.29) is 0 Å². The standard InChI is InChI=1S/C14H18N4O/c15-8-11-14-12(2-1-3-13(14)19)18(17-11)9-10-4-6-16-7-5-10/h4-7,13,19H,1-3,8-9,15H2. The Morgan fingerprint density at radius 1 is 1.37 bits per heavy atom.